The molecule has 0 radical (unpaired) electrons. The molecule has 0 atom stereocenters. The number of rotatable bonds is 4. The van der Waals surface area contributed by atoms with Crippen molar-refractivity contribution in [1.29, 1.82) is 0 Å². The molecule has 2 heterocycles. The Labute approximate surface area is 385 Å². The van der Waals surface area contributed by atoms with Crippen LogP contribution < -0.4 is 25.9 Å². The van der Waals surface area contributed by atoms with Crippen LogP contribution >= 0.6 is 0 Å². The van der Waals surface area contributed by atoms with E-state index in [4.69, 9.17) is 9.47 Å². The van der Waals surface area contributed by atoms with Gasteiger partial charge in [-0.25, -0.2) is 0 Å². The second-order valence-corrected chi connectivity index (χ2v) is 21.4. The number of fused-ring (bicyclic) bond motifs is 6. The van der Waals surface area contributed by atoms with Gasteiger partial charge in [0.25, 0.3) is 6.71 Å². The van der Waals surface area contributed by atoms with Crippen LogP contribution in [0.15, 0.2) is 170 Å². The maximum absolute atomic E-state index is 7.09. The van der Waals surface area contributed by atoms with Crippen molar-refractivity contribution < 1.29 is 9.47 Å². The molecular formula is C62H55BO2. The minimum Gasteiger partial charge on any atom is -0.458 e. The van der Waals surface area contributed by atoms with Gasteiger partial charge in [-0.2, -0.15) is 0 Å². The van der Waals surface area contributed by atoms with Crippen LogP contribution in [0.2, 0.25) is 0 Å². The Morgan fingerprint density at radius 1 is 0.308 bits per heavy atom. The van der Waals surface area contributed by atoms with Crippen molar-refractivity contribution in [2.24, 2.45) is 0 Å². The van der Waals surface area contributed by atoms with Gasteiger partial charge in [-0.05, 0) is 152 Å². The molecule has 0 unspecified atom stereocenters. The van der Waals surface area contributed by atoms with Crippen LogP contribution in [0.4, 0.5) is 0 Å². The highest BCUT2D eigenvalue weighted by atomic mass is 16.5. The summed E-state index contributed by atoms with van der Waals surface area (Å²) in [5, 5.41) is 4.93. The Hall–Kier alpha value is -6.84. The van der Waals surface area contributed by atoms with Gasteiger partial charge in [0.05, 0.1) is 0 Å². The van der Waals surface area contributed by atoms with Crippen molar-refractivity contribution in [3.8, 4) is 67.5 Å². The van der Waals surface area contributed by atoms with Crippen molar-refractivity contribution in [2.75, 3.05) is 0 Å². The first kappa shape index (κ1) is 40.9. The van der Waals surface area contributed by atoms with E-state index in [0.29, 0.717) is 0 Å². The molecule has 0 fully saturated rings. The van der Waals surface area contributed by atoms with E-state index < -0.39 is 0 Å². The third-order valence-corrected chi connectivity index (χ3v) is 13.8. The van der Waals surface area contributed by atoms with Crippen LogP contribution in [0.3, 0.4) is 0 Å². The third kappa shape index (κ3) is 7.04. The van der Waals surface area contributed by atoms with Gasteiger partial charge in [-0.3, -0.25) is 0 Å². The lowest BCUT2D eigenvalue weighted by Gasteiger charge is -2.35. The van der Waals surface area contributed by atoms with Gasteiger partial charge in [0.2, 0.25) is 0 Å². The fourth-order valence-electron chi connectivity index (χ4n) is 10.2. The largest absolute Gasteiger partial charge is 0.458 e. The average molecular weight is 843 g/mol. The smallest absolute Gasteiger partial charge is 0.260 e. The second kappa shape index (κ2) is 14.9. The predicted molar refractivity (Wildman–Crippen MR) is 277 cm³/mol. The van der Waals surface area contributed by atoms with Crippen molar-refractivity contribution in [3.05, 3.63) is 187 Å². The molecule has 2 aliphatic rings. The van der Waals surface area contributed by atoms with E-state index in [-0.39, 0.29) is 23.0 Å². The number of hydrogen-bond acceptors (Lipinski definition) is 2. The molecule has 9 aromatic rings. The summed E-state index contributed by atoms with van der Waals surface area (Å²) in [6.45, 7) is 20.4. The van der Waals surface area contributed by atoms with Crippen LogP contribution in [0.25, 0.3) is 66.1 Å². The van der Waals surface area contributed by atoms with Gasteiger partial charge in [0.1, 0.15) is 23.0 Å². The minimum atomic E-state index is -0.0321. The summed E-state index contributed by atoms with van der Waals surface area (Å²) in [6.07, 6.45) is 0. The standard InChI is InChI=1S/C62H55BO2/c1-60(2,3)44-21-17-20-39(33-44)40-30-41(32-43(31-40)58-49-24-15-13-22-47(49)57(38-18-11-10-12-19-38)48-23-14-16-25-50(48)58)42-34-55-59-56(35-42)65-54-37-46(62(7,8)9)27-29-52(54)63(59)51-28-26-45(61(4,5)6)36-53(51)64-55/h10-37H,1-9H3. The second-order valence-electron chi connectivity index (χ2n) is 21.4. The molecule has 0 spiro atoms. The van der Waals surface area contributed by atoms with E-state index in [1.807, 2.05) is 0 Å². The van der Waals surface area contributed by atoms with E-state index in [0.717, 1.165) is 50.7 Å². The summed E-state index contributed by atoms with van der Waals surface area (Å²) in [5.41, 5.74) is 16.5. The van der Waals surface area contributed by atoms with Crippen LogP contribution in [0, 0.1) is 0 Å². The monoisotopic (exact) mass is 842 g/mol. The summed E-state index contributed by atoms with van der Waals surface area (Å²) in [4.78, 5) is 0. The van der Waals surface area contributed by atoms with Crippen molar-refractivity contribution >= 4 is 44.6 Å². The Morgan fingerprint density at radius 3 is 1.20 bits per heavy atom. The molecule has 3 heteroatoms. The molecule has 0 aliphatic carbocycles. The SMILES string of the molecule is CC(C)(C)c1cccc(-c2cc(-c3cc4c5c(c3)Oc3cc(C(C)(C)C)ccc3B5c3ccc(C(C)(C)C)cc3O4)cc(-c3c4ccccc4c(-c4ccccc4)c4ccccc34)c2)c1. The summed E-state index contributed by atoms with van der Waals surface area (Å²) in [7, 11) is 0. The lowest BCUT2D eigenvalue weighted by molar-refractivity contribution is 0.461. The maximum Gasteiger partial charge on any atom is 0.260 e. The van der Waals surface area contributed by atoms with Gasteiger partial charge < -0.3 is 9.47 Å². The molecule has 11 rings (SSSR count). The molecule has 9 aromatic carbocycles. The zero-order valence-corrected chi connectivity index (χ0v) is 39.1. The molecule has 0 amide bonds. The minimum absolute atomic E-state index is 0.00517. The zero-order valence-electron chi connectivity index (χ0n) is 39.1. The lowest BCUT2D eigenvalue weighted by Crippen LogP contribution is -2.57. The summed E-state index contributed by atoms with van der Waals surface area (Å²) < 4.78 is 14.2. The maximum atomic E-state index is 7.09. The molecule has 0 saturated heterocycles. The molecular weight excluding hydrogens is 787 g/mol. The molecule has 65 heavy (non-hydrogen) atoms. The molecule has 2 nitrogen and oxygen atoms in total. The average Bonchev–Trinajstić information content (AvgIpc) is 3.29. The first-order valence-corrected chi connectivity index (χ1v) is 23.2. The predicted octanol–water partition coefficient (Wildman–Crippen LogP) is 15.3. The van der Waals surface area contributed by atoms with E-state index in [9.17, 15) is 0 Å². The van der Waals surface area contributed by atoms with Crippen LogP contribution in [0.5, 0.6) is 23.0 Å². The first-order valence-electron chi connectivity index (χ1n) is 23.2. The number of ether oxygens (including phenoxy) is 2. The lowest BCUT2D eigenvalue weighted by atomic mass is 9.34. The Kier molecular flexibility index (Phi) is 9.35. The Bertz CT molecular complexity index is 3230. The normalized spacial score (nSPS) is 13.2. The summed E-state index contributed by atoms with van der Waals surface area (Å²) >= 11 is 0. The third-order valence-electron chi connectivity index (χ3n) is 13.8. The van der Waals surface area contributed by atoms with Crippen molar-refractivity contribution in [3.63, 3.8) is 0 Å². The van der Waals surface area contributed by atoms with Gasteiger partial charge >= 0.3 is 0 Å². The van der Waals surface area contributed by atoms with Crippen molar-refractivity contribution in [2.45, 2.75) is 78.6 Å². The van der Waals surface area contributed by atoms with E-state index in [2.05, 4.69) is 232 Å². The van der Waals surface area contributed by atoms with Crippen LogP contribution in [-0.4, -0.2) is 6.71 Å². The van der Waals surface area contributed by atoms with E-state index >= 15 is 0 Å². The van der Waals surface area contributed by atoms with Gasteiger partial charge in [-0.1, -0.05) is 190 Å². The highest BCUT2D eigenvalue weighted by molar-refractivity contribution is 6.98. The molecule has 0 saturated carbocycles. The molecule has 0 aromatic heterocycles. The van der Waals surface area contributed by atoms with Gasteiger partial charge in [0.15, 0.2) is 0 Å². The molecule has 318 valence electrons. The molecule has 0 bridgehead atoms. The van der Waals surface area contributed by atoms with E-state index in [1.54, 1.807) is 0 Å². The van der Waals surface area contributed by atoms with Crippen molar-refractivity contribution in [1.82, 2.24) is 0 Å². The Morgan fingerprint density at radius 2 is 0.708 bits per heavy atom. The fraction of sp³-hybridized carbons (Fsp3) is 0.194. The van der Waals surface area contributed by atoms with Gasteiger partial charge in [-0.15, -0.1) is 0 Å². The van der Waals surface area contributed by atoms with Crippen LogP contribution in [0.1, 0.15) is 79.0 Å². The number of hydrogen-bond donors (Lipinski definition) is 0. The quantitative estimate of drug-likeness (QED) is 0.130. The summed E-state index contributed by atoms with van der Waals surface area (Å²) in [6, 6.07) is 63.1. The molecule has 2 aliphatic heterocycles. The van der Waals surface area contributed by atoms with Crippen LogP contribution in [-0.2, 0) is 16.2 Å². The zero-order chi connectivity index (χ0) is 45.0. The van der Waals surface area contributed by atoms with E-state index in [1.165, 1.54) is 71.4 Å². The highest BCUT2D eigenvalue weighted by Gasteiger charge is 2.41. The fourth-order valence-corrected chi connectivity index (χ4v) is 10.2. The number of benzene rings is 9. The molecule has 0 N–H and O–H groups in total. The topological polar surface area (TPSA) is 18.5 Å². The highest BCUT2D eigenvalue weighted by Crippen LogP contribution is 2.47. The van der Waals surface area contributed by atoms with Gasteiger partial charge in [0, 0.05) is 5.46 Å². The summed E-state index contributed by atoms with van der Waals surface area (Å²) in [5.74, 6) is 3.51. The Balaban J connectivity index is 1.18. The first-order chi connectivity index (χ1) is 31.1.